The summed E-state index contributed by atoms with van der Waals surface area (Å²) in [5.41, 5.74) is 3.76. The maximum Gasteiger partial charge on any atom is 0.323 e. The monoisotopic (exact) mass is 450 g/mol. The Morgan fingerprint density at radius 1 is 1.06 bits per heavy atom. The number of aryl methyl sites for hydroxylation is 2. The first-order valence-electron chi connectivity index (χ1n) is 10.2. The fourth-order valence-electron chi connectivity index (χ4n) is 3.24. The van der Waals surface area contributed by atoms with Gasteiger partial charge in [0.2, 0.25) is 0 Å². The second-order valence-electron chi connectivity index (χ2n) is 7.46. The molecule has 4 aromatic rings. The number of hydrogen-bond donors (Lipinski definition) is 3. The molecule has 0 spiro atoms. The number of amides is 1. The largest absolute Gasteiger partial charge is 0.489 e. The number of carbonyl (C=O) groups is 2. The predicted molar refractivity (Wildman–Crippen MR) is 119 cm³/mol. The number of H-pyrrole nitrogens is 2. The summed E-state index contributed by atoms with van der Waals surface area (Å²) in [6, 6.07) is 12.0. The fraction of sp³-hybridized carbons (Fsp3) is 0.217. The van der Waals surface area contributed by atoms with E-state index >= 15 is 0 Å². The second-order valence-corrected chi connectivity index (χ2v) is 7.46. The number of benzene rings is 2. The summed E-state index contributed by atoms with van der Waals surface area (Å²) < 4.78 is 15.9. The number of aromatic nitrogens is 3. The number of esters is 1. The molecule has 0 saturated carbocycles. The Balaban J connectivity index is 1.23. The minimum atomic E-state index is -0.528. The Bertz CT molecular complexity index is 1330. The van der Waals surface area contributed by atoms with Gasteiger partial charge in [0.1, 0.15) is 18.1 Å². The molecular formula is C23H22N4O6. The van der Waals surface area contributed by atoms with Crippen molar-refractivity contribution in [2.75, 3.05) is 11.9 Å². The van der Waals surface area contributed by atoms with Crippen molar-refractivity contribution in [3.8, 4) is 5.75 Å². The third kappa shape index (κ3) is 5.48. The summed E-state index contributed by atoms with van der Waals surface area (Å²) in [4.78, 5) is 40.7. The van der Waals surface area contributed by atoms with Crippen molar-refractivity contribution in [3.05, 3.63) is 75.5 Å². The maximum absolute atomic E-state index is 12.1. The van der Waals surface area contributed by atoms with Crippen molar-refractivity contribution >= 4 is 28.6 Å². The normalized spacial score (nSPS) is 10.8. The first kappa shape index (κ1) is 21.9. The van der Waals surface area contributed by atoms with Gasteiger partial charge in [0, 0.05) is 5.69 Å². The molecule has 10 heteroatoms. The van der Waals surface area contributed by atoms with Crippen molar-refractivity contribution in [2.45, 2.75) is 26.9 Å². The summed E-state index contributed by atoms with van der Waals surface area (Å²) in [7, 11) is 0. The SMILES string of the molecule is Cc1noc(C)c1COc1ccc(CC(=O)OCC(=O)Nc2ccc3[nH]c(=O)[nH]c3c2)cc1. The Labute approximate surface area is 187 Å². The zero-order chi connectivity index (χ0) is 23.4. The first-order valence-corrected chi connectivity index (χ1v) is 10.2. The quantitative estimate of drug-likeness (QED) is 0.351. The van der Waals surface area contributed by atoms with E-state index in [-0.39, 0.29) is 12.1 Å². The average Bonchev–Trinajstić information content (AvgIpc) is 3.32. The van der Waals surface area contributed by atoms with Gasteiger partial charge in [-0.25, -0.2) is 4.79 Å². The number of aromatic amines is 2. The van der Waals surface area contributed by atoms with Crippen LogP contribution in [0.15, 0.2) is 51.8 Å². The Hall–Kier alpha value is -4.34. The number of imidazole rings is 1. The number of fused-ring (bicyclic) bond motifs is 1. The van der Waals surface area contributed by atoms with Crippen LogP contribution in [0.5, 0.6) is 5.75 Å². The van der Waals surface area contributed by atoms with Crippen molar-refractivity contribution in [3.63, 3.8) is 0 Å². The Morgan fingerprint density at radius 3 is 2.55 bits per heavy atom. The van der Waals surface area contributed by atoms with Crippen LogP contribution in [-0.2, 0) is 27.4 Å². The number of nitrogens with one attached hydrogen (secondary N) is 3. The highest BCUT2D eigenvalue weighted by Crippen LogP contribution is 2.18. The number of hydrogen-bond acceptors (Lipinski definition) is 7. The number of carbonyl (C=O) groups excluding carboxylic acids is 2. The van der Waals surface area contributed by atoms with E-state index in [1.54, 1.807) is 42.5 Å². The van der Waals surface area contributed by atoms with E-state index in [1.165, 1.54) is 0 Å². The van der Waals surface area contributed by atoms with Crippen LogP contribution >= 0.6 is 0 Å². The lowest BCUT2D eigenvalue weighted by Gasteiger charge is -2.08. The second kappa shape index (κ2) is 9.43. The van der Waals surface area contributed by atoms with Gasteiger partial charge in [0.25, 0.3) is 5.91 Å². The molecule has 170 valence electrons. The van der Waals surface area contributed by atoms with Gasteiger partial charge in [-0.05, 0) is 49.7 Å². The highest BCUT2D eigenvalue weighted by atomic mass is 16.5. The minimum Gasteiger partial charge on any atom is -0.489 e. The number of rotatable bonds is 8. The van der Waals surface area contributed by atoms with E-state index in [1.807, 2.05) is 13.8 Å². The average molecular weight is 450 g/mol. The topological polar surface area (TPSA) is 139 Å². The van der Waals surface area contributed by atoms with Crippen molar-refractivity contribution in [2.24, 2.45) is 0 Å². The smallest absolute Gasteiger partial charge is 0.323 e. The molecule has 33 heavy (non-hydrogen) atoms. The van der Waals surface area contributed by atoms with E-state index in [2.05, 4.69) is 20.4 Å². The van der Waals surface area contributed by atoms with Gasteiger partial charge in [0.15, 0.2) is 6.61 Å². The molecule has 2 aromatic heterocycles. The van der Waals surface area contributed by atoms with Crippen molar-refractivity contribution < 1.29 is 23.6 Å². The molecule has 0 radical (unpaired) electrons. The first-order chi connectivity index (χ1) is 15.9. The zero-order valence-electron chi connectivity index (χ0n) is 18.1. The third-order valence-electron chi connectivity index (χ3n) is 5.00. The minimum absolute atomic E-state index is 0.0218. The van der Waals surface area contributed by atoms with Gasteiger partial charge in [-0.1, -0.05) is 17.3 Å². The lowest BCUT2D eigenvalue weighted by atomic mass is 10.1. The Kier molecular flexibility index (Phi) is 6.25. The molecule has 2 heterocycles. The number of anilines is 1. The molecule has 0 fully saturated rings. The van der Waals surface area contributed by atoms with Gasteiger partial charge >= 0.3 is 11.7 Å². The van der Waals surface area contributed by atoms with Crippen LogP contribution in [0.1, 0.15) is 22.6 Å². The van der Waals surface area contributed by atoms with E-state index in [0.717, 1.165) is 22.6 Å². The van der Waals surface area contributed by atoms with Crippen LogP contribution in [0.25, 0.3) is 11.0 Å². The van der Waals surface area contributed by atoms with Crippen LogP contribution in [0.4, 0.5) is 5.69 Å². The molecule has 3 N–H and O–H groups in total. The van der Waals surface area contributed by atoms with E-state index < -0.39 is 18.5 Å². The molecule has 0 unspecified atom stereocenters. The van der Waals surface area contributed by atoms with Gasteiger partial charge in [-0.2, -0.15) is 0 Å². The molecule has 0 atom stereocenters. The van der Waals surface area contributed by atoms with Crippen LogP contribution in [0, 0.1) is 13.8 Å². The molecule has 10 nitrogen and oxygen atoms in total. The number of ether oxygens (including phenoxy) is 2. The van der Waals surface area contributed by atoms with Crippen LogP contribution in [0.2, 0.25) is 0 Å². The zero-order valence-corrected chi connectivity index (χ0v) is 18.1. The number of nitrogens with zero attached hydrogens (tertiary/aromatic N) is 1. The molecule has 0 saturated heterocycles. The lowest BCUT2D eigenvalue weighted by molar-refractivity contribution is -0.146. The van der Waals surface area contributed by atoms with Crippen LogP contribution in [-0.4, -0.2) is 33.6 Å². The summed E-state index contributed by atoms with van der Waals surface area (Å²) in [5, 5.41) is 6.52. The summed E-state index contributed by atoms with van der Waals surface area (Å²) >= 11 is 0. The van der Waals surface area contributed by atoms with E-state index in [0.29, 0.717) is 29.1 Å². The van der Waals surface area contributed by atoms with Gasteiger partial charge in [0.05, 0.1) is 28.7 Å². The molecular weight excluding hydrogens is 428 g/mol. The Morgan fingerprint density at radius 2 is 1.82 bits per heavy atom. The van der Waals surface area contributed by atoms with Crippen molar-refractivity contribution in [1.29, 1.82) is 0 Å². The van der Waals surface area contributed by atoms with Crippen LogP contribution in [0.3, 0.4) is 0 Å². The van der Waals surface area contributed by atoms with Gasteiger partial charge in [-0.3, -0.25) is 9.59 Å². The van der Waals surface area contributed by atoms with E-state index in [9.17, 15) is 14.4 Å². The summed E-state index contributed by atoms with van der Waals surface area (Å²) in [6.45, 7) is 3.60. The highest BCUT2D eigenvalue weighted by Gasteiger charge is 2.11. The lowest BCUT2D eigenvalue weighted by Crippen LogP contribution is -2.21. The molecule has 4 rings (SSSR count). The predicted octanol–water partition coefficient (Wildman–Crippen LogP) is 2.76. The van der Waals surface area contributed by atoms with Crippen LogP contribution < -0.4 is 15.7 Å². The molecule has 0 aliphatic heterocycles. The third-order valence-corrected chi connectivity index (χ3v) is 5.00. The highest BCUT2D eigenvalue weighted by molar-refractivity contribution is 5.94. The van der Waals surface area contributed by atoms with Crippen molar-refractivity contribution in [1.82, 2.24) is 15.1 Å². The van der Waals surface area contributed by atoms with Gasteiger partial charge in [-0.15, -0.1) is 0 Å². The molecule has 0 aliphatic rings. The van der Waals surface area contributed by atoms with E-state index in [4.69, 9.17) is 14.0 Å². The summed E-state index contributed by atoms with van der Waals surface area (Å²) in [6.07, 6.45) is 0.0218. The molecule has 2 aromatic carbocycles. The maximum atomic E-state index is 12.1. The molecule has 1 amide bonds. The summed E-state index contributed by atoms with van der Waals surface area (Å²) in [5.74, 6) is 0.353. The standard InChI is InChI=1S/C23H22N4O6/c1-13-18(14(2)33-27-13)11-31-17-6-3-15(4-7-17)9-22(29)32-12-21(28)24-16-5-8-19-20(10-16)26-23(30)25-19/h3-8,10H,9,11-12H2,1-2H3,(H,24,28)(H2,25,26,30). The molecule has 0 aliphatic carbocycles. The fourth-order valence-corrected chi connectivity index (χ4v) is 3.24. The van der Waals surface area contributed by atoms with Gasteiger partial charge < -0.3 is 29.3 Å². The molecule has 0 bridgehead atoms.